The number of rotatable bonds is 4. The van der Waals surface area contributed by atoms with Gasteiger partial charge in [-0.25, -0.2) is 8.42 Å². The SMILES string of the molecule is CCc1ccc(S(=O)(=O)N2CCN(c3cccc(C)c3C)CC2)cc1. The maximum atomic E-state index is 12.9. The number of piperazine rings is 1. The first-order valence-electron chi connectivity index (χ1n) is 8.83. The molecule has 2 aromatic rings. The quantitative estimate of drug-likeness (QED) is 0.841. The zero-order valence-corrected chi connectivity index (χ0v) is 16.0. The summed E-state index contributed by atoms with van der Waals surface area (Å²) in [4.78, 5) is 2.68. The molecule has 0 aliphatic carbocycles. The zero-order valence-electron chi connectivity index (χ0n) is 15.2. The Balaban J connectivity index is 1.73. The van der Waals surface area contributed by atoms with Crippen molar-refractivity contribution in [2.45, 2.75) is 32.1 Å². The molecule has 0 spiro atoms. The van der Waals surface area contributed by atoms with Crippen LogP contribution in [0, 0.1) is 13.8 Å². The Bertz CT molecular complexity index is 836. The van der Waals surface area contributed by atoms with Gasteiger partial charge in [-0.1, -0.05) is 31.2 Å². The molecule has 0 unspecified atom stereocenters. The Kier molecular flexibility index (Phi) is 5.16. The first-order valence-corrected chi connectivity index (χ1v) is 10.3. The molecule has 4 nitrogen and oxygen atoms in total. The number of sulfonamides is 1. The van der Waals surface area contributed by atoms with Gasteiger partial charge in [0.1, 0.15) is 0 Å². The molecule has 1 fully saturated rings. The molecule has 0 radical (unpaired) electrons. The summed E-state index contributed by atoms with van der Waals surface area (Å²) < 4.78 is 27.3. The van der Waals surface area contributed by atoms with E-state index in [9.17, 15) is 8.42 Å². The molecule has 3 rings (SSSR count). The van der Waals surface area contributed by atoms with Crippen LogP contribution in [-0.2, 0) is 16.4 Å². The van der Waals surface area contributed by atoms with E-state index in [1.54, 1.807) is 16.4 Å². The van der Waals surface area contributed by atoms with Crippen molar-refractivity contribution in [3.63, 3.8) is 0 Å². The van der Waals surface area contributed by atoms with E-state index >= 15 is 0 Å². The van der Waals surface area contributed by atoms with Crippen LogP contribution in [-0.4, -0.2) is 38.9 Å². The summed E-state index contributed by atoms with van der Waals surface area (Å²) in [5.74, 6) is 0. The van der Waals surface area contributed by atoms with Crippen LogP contribution in [0.25, 0.3) is 0 Å². The van der Waals surface area contributed by atoms with Gasteiger partial charge in [0, 0.05) is 31.9 Å². The van der Waals surface area contributed by atoms with Gasteiger partial charge in [-0.2, -0.15) is 4.31 Å². The third-order valence-corrected chi connectivity index (χ3v) is 7.04. The molecule has 0 aromatic heterocycles. The second-order valence-corrected chi connectivity index (χ2v) is 8.55. The van der Waals surface area contributed by atoms with Crippen molar-refractivity contribution in [1.29, 1.82) is 0 Å². The summed E-state index contributed by atoms with van der Waals surface area (Å²) in [7, 11) is -3.40. The molecule has 1 aliphatic rings. The first kappa shape index (κ1) is 18.0. The minimum Gasteiger partial charge on any atom is -0.369 e. The maximum Gasteiger partial charge on any atom is 0.243 e. The van der Waals surface area contributed by atoms with E-state index in [4.69, 9.17) is 0 Å². The highest BCUT2D eigenvalue weighted by molar-refractivity contribution is 7.89. The van der Waals surface area contributed by atoms with Crippen LogP contribution in [0.15, 0.2) is 47.4 Å². The predicted octanol–water partition coefficient (Wildman–Crippen LogP) is 3.38. The third-order valence-electron chi connectivity index (χ3n) is 5.12. The molecule has 0 atom stereocenters. The van der Waals surface area contributed by atoms with E-state index < -0.39 is 10.0 Å². The molecule has 0 amide bonds. The fourth-order valence-electron chi connectivity index (χ4n) is 3.29. The van der Waals surface area contributed by atoms with E-state index in [2.05, 4.69) is 43.9 Å². The van der Waals surface area contributed by atoms with Crippen LogP contribution < -0.4 is 4.90 Å². The van der Waals surface area contributed by atoms with Gasteiger partial charge in [-0.15, -0.1) is 0 Å². The molecule has 134 valence electrons. The Labute approximate surface area is 151 Å². The molecule has 2 aromatic carbocycles. The van der Waals surface area contributed by atoms with Crippen LogP contribution in [0.5, 0.6) is 0 Å². The molecule has 1 aliphatic heterocycles. The number of anilines is 1. The number of benzene rings is 2. The fourth-order valence-corrected chi connectivity index (χ4v) is 4.72. The van der Waals surface area contributed by atoms with Crippen molar-refractivity contribution in [2.75, 3.05) is 31.1 Å². The summed E-state index contributed by atoms with van der Waals surface area (Å²) >= 11 is 0. The van der Waals surface area contributed by atoms with Gasteiger partial charge in [-0.05, 0) is 55.2 Å². The number of nitrogens with zero attached hydrogens (tertiary/aromatic N) is 2. The van der Waals surface area contributed by atoms with Gasteiger partial charge in [0.2, 0.25) is 10.0 Å². The van der Waals surface area contributed by atoms with Crippen LogP contribution in [0.4, 0.5) is 5.69 Å². The highest BCUT2D eigenvalue weighted by atomic mass is 32.2. The lowest BCUT2D eigenvalue weighted by molar-refractivity contribution is 0.384. The molecule has 0 bridgehead atoms. The van der Waals surface area contributed by atoms with Gasteiger partial charge in [0.15, 0.2) is 0 Å². The second-order valence-electron chi connectivity index (χ2n) is 6.61. The van der Waals surface area contributed by atoms with Gasteiger partial charge in [0.05, 0.1) is 4.90 Å². The topological polar surface area (TPSA) is 40.6 Å². The van der Waals surface area contributed by atoms with Crippen molar-refractivity contribution in [3.05, 3.63) is 59.2 Å². The average Bonchev–Trinajstić information content (AvgIpc) is 2.64. The molecular formula is C20H26N2O2S. The van der Waals surface area contributed by atoms with E-state index in [0.717, 1.165) is 25.1 Å². The van der Waals surface area contributed by atoms with Crippen LogP contribution >= 0.6 is 0 Å². The van der Waals surface area contributed by atoms with Gasteiger partial charge in [-0.3, -0.25) is 0 Å². The number of hydrogen-bond donors (Lipinski definition) is 0. The maximum absolute atomic E-state index is 12.9. The number of aryl methyl sites for hydroxylation is 2. The van der Waals surface area contributed by atoms with E-state index in [1.807, 2.05) is 12.1 Å². The molecule has 1 heterocycles. The molecule has 0 N–H and O–H groups in total. The normalized spacial score (nSPS) is 16.2. The third kappa shape index (κ3) is 3.58. The largest absolute Gasteiger partial charge is 0.369 e. The molecular weight excluding hydrogens is 332 g/mol. The summed E-state index contributed by atoms with van der Waals surface area (Å²) in [5, 5.41) is 0. The lowest BCUT2D eigenvalue weighted by atomic mass is 10.1. The Morgan fingerprint density at radius 3 is 2.16 bits per heavy atom. The van der Waals surface area contributed by atoms with Crippen molar-refractivity contribution < 1.29 is 8.42 Å². The van der Waals surface area contributed by atoms with Crippen LogP contribution in [0.1, 0.15) is 23.6 Å². The number of hydrogen-bond acceptors (Lipinski definition) is 3. The summed E-state index contributed by atoms with van der Waals surface area (Å²) in [6.45, 7) is 8.78. The zero-order chi connectivity index (χ0) is 18.0. The first-order chi connectivity index (χ1) is 11.9. The van der Waals surface area contributed by atoms with Crippen molar-refractivity contribution in [2.24, 2.45) is 0 Å². The lowest BCUT2D eigenvalue weighted by Crippen LogP contribution is -2.48. The fraction of sp³-hybridized carbons (Fsp3) is 0.400. The second kappa shape index (κ2) is 7.18. The molecule has 5 heteroatoms. The summed E-state index contributed by atoms with van der Waals surface area (Å²) in [6.07, 6.45) is 0.912. The highest BCUT2D eigenvalue weighted by Crippen LogP contribution is 2.25. The van der Waals surface area contributed by atoms with Gasteiger partial charge >= 0.3 is 0 Å². The van der Waals surface area contributed by atoms with Crippen molar-refractivity contribution in [1.82, 2.24) is 4.31 Å². The monoisotopic (exact) mass is 358 g/mol. The average molecular weight is 359 g/mol. The Hall–Kier alpha value is -1.85. The van der Waals surface area contributed by atoms with Crippen molar-refractivity contribution >= 4 is 15.7 Å². The van der Waals surface area contributed by atoms with Gasteiger partial charge in [0.25, 0.3) is 0 Å². The van der Waals surface area contributed by atoms with Crippen LogP contribution in [0.2, 0.25) is 0 Å². The van der Waals surface area contributed by atoms with E-state index in [0.29, 0.717) is 18.0 Å². The minimum atomic E-state index is -3.40. The molecule has 1 saturated heterocycles. The lowest BCUT2D eigenvalue weighted by Gasteiger charge is -2.36. The molecule has 0 saturated carbocycles. The highest BCUT2D eigenvalue weighted by Gasteiger charge is 2.28. The minimum absolute atomic E-state index is 0.393. The van der Waals surface area contributed by atoms with Crippen molar-refractivity contribution in [3.8, 4) is 0 Å². The summed E-state index contributed by atoms with van der Waals surface area (Å²) in [6, 6.07) is 13.6. The van der Waals surface area contributed by atoms with Crippen LogP contribution in [0.3, 0.4) is 0 Å². The standard InChI is InChI=1S/C20H26N2O2S/c1-4-18-8-10-19(11-9-18)25(23,24)22-14-12-21(13-15-22)20-7-5-6-16(2)17(20)3/h5-11H,4,12-15H2,1-3H3. The molecule has 25 heavy (non-hydrogen) atoms. The van der Waals surface area contributed by atoms with E-state index in [-0.39, 0.29) is 0 Å². The predicted molar refractivity (Wildman–Crippen MR) is 103 cm³/mol. The van der Waals surface area contributed by atoms with Gasteiger partial charge < -0.3 is 4.90 Å². The Morgan fingerprint density at radius 1 is 0.920 bits per heavy atom. The smallest absolute Gasteiger partial charge is 0.243 e. The van der Waals surface area contributed by atoms with E-state index in [1.165, 1.54) is 16.8 Å². The Morgan fingerprint density at radius 2 is 1.56 bits per heavy atom. The summed E-state index contributed by atoms with van der Waals surface area (Å²) in [5.41, 5.74) is 4.90.